The number of nitrogens with zero attached hydrogens (tertiary/aromatic N) is 3. The first kappa shape index (κ1) is 24.4. The number of hydrogen-bond donors (Lipinski definition) is 1. The van der Waals surface area contributed by atoms with Crippen molar-refractivity contribution in [1.29, 1.82) is 5.26 Å². The van der Waals surface area contributed by atoms with Gasteiger partial charge in [-0.15, -0.1) is 0 Å². The molecule has 2 aliphatic heterocycles. The Morgan fingerprint density at radius 2 is 1.70 bits per heavy atom. The van der Waals surface area contributed by atoms with Crippen LogP contribution in [0.25, 0.3) is 0 Å². The number of ether oxygens (including phenoxy) is 2. The van der Waals surface area contributed by atoms with Crippen LogP contribution in [0.3, 0.4) is 0 Å². The number of nitrogens with one attached hydrogen (secondary N) is 1. The van der Waals surface area contributed by atoms with Gasteiger partial charge in [0.15, 0.2) is 6.10 Å². The van der Waals surface area contributed by atoms with E-state index in [1.165, 1.54) is 0 Å². The lowest BCUT2D eigenvalue weighted by Crippen LogP contribution is -2.57. The SMILES string of the molecule is CN1CCC(C#N)(NC(=O)C(CC(C)(C)C(C)(C)C)OC(=O)N2CCOCC2)CC1. The van der Waals surface area contributed by atoms with Crippen molar-refractivity contribution in [3.05, 3.63) is 0 Å². The molecular formula is C22H38N4O4. The van der Waals surface area contributed by atoms with Crippen LogP contribution in [0, 0.1) is 22.2 Å². The van der Waals surface area contributed by atoms with Crippen molar-refractivity contribution in [2.45, 2.75) is 65.5 Å². The van der Waals surface area contributed by atoms with Crippen LogP contribution >= 0.6 is 0 Å². The van der Waals surface area contributed by atoms with Crippen LogP contribution in [0.1, 0.15) is 53.9 Å². The Morgan fingerprint density at radius 1 is 1.13 bits per heavy atom. The molecule has 0 aromatic carbocycles. The summed E-state index contributed by atoms with van der Waals surface area (Å²) in [5.74, 6) is -0.389. The Kier molecular flexibility index (Phi) is 7.75. The Bertz CT molecular complexity index is 651. The molecule has 1 atom stereocenters. The van der Waals surface area contributed by atoms with Crippen LogP contribution in [0.4, 0.5) is 4.79 Å². The molecule has 2 fully saturated rings. The lowest BCUT2D eigenvalue weighted by atomic mass is 9.66. The highest BCUT2D eigenvalue weighted by Gasteiger charge is 2.42. The molecule has 2 aliphatic rings. The fourth-order valence-electron chi connectivity index (χ4n) is 3.48. The van der Waals surface area contributed by atoms with Crippen molar-refractivity contribution < 1.29 is 19.1 Å². The molecule has 30 heavy (non-hydrogen) atoms. The molecule has 2 amide bonds. The monoisotopic (exact) mass is 422 g/mol. The predicted octanol–water partition coefficient (Wildman–Crippen LogP) is 2.39. The topological polar surface area (TPSA) is 94.9 Å². The number of morpholine rings is 1. The minimum absolute atomic E-state index is 0.0998. The molecule has 0 radical (unpaired) electrons. The minimum atomic E-state index is -0.959. The van der Waals surface area contributed by atoms with Crippen molar-refractivity contribution >= 4 is 12.0 Å². The van der Waals surface area contributed by atoms with E-state index in [2.05, 4.69) is 50.9 Å². The first-order valence-corrected chi connectivity index (χ1v) is 10.8. The maximum atomic E-state index is 13.3. The quantitative estimate of drug-likeness (QED) is 0.731. The van der Waals surface area contributed by atoms with Gasteiger partial charge in [-0.1, -0.05) is 34.6 Å². The highest BCUT2D eigenvalue weighted by molar-refractivity contribution is 5.84. The Morgan fingerprint density at radius 3 is 2.20 bits per heavy atom. The third-order valence-electron chi connectivity index (χ3n) is 6.95. The fraction of sp³-hybridized carbons (Fsp3) is 0.864. The molecule has 0 spiro atoms. The van der Waals surface area contributed by atoms with Gasteiger partial charge in [0, 0.05) is 26.2 Å². The zero-order valence-corrected chi connectivity index (χ0v) is 19.4. The van der Waals surface area contributed by atoms with Crippen LogP contribution in [0.15, 0.2) is 0 Å². The van der Waals surface area contributed by atoms with Crippen molar-refractivity contribution in [1.82, 2.24) is 15.1 Å². The summed E-state index contributed by atoms with van der Waals surface area (Å²) in [6.07, 6.45) is 0.0219. The molecule has 8 nitrogen and oxygen atoms in total. The first-order chi connectivity index (χ1) is 13.9. The second kappa shape index (κ2) is 9.52. The smallest absolute Gasteiger partial charge is 0.410 e. The molecule has 2 heterocycles. The maximum Gasteiger partial charge on any atom is 0.410 e. The fourth-order valence-corrected chi connectivity index (χ4v) is 3.48. The van der Waals surface area contributed by atoms with E-state index in [1.54, 1.807) is 4.90 Å². The molecule has 0 aromatic rings. The Labute approximate surface area is 180 Å². The van der Waals surface area contributed by atoms with Gasteiger partial charge in [-0.3, -0.25) is 4.79 Å². The van der Waals surface area contributed by atoms with E-state index in [0.717, 1.165) is 13.1 Å². The van der Waals surface area contributed by atoms with Crippen molar-refractivity contribution in [2.24, 2.45) is 10.8 Å². The summed E-state index contributed by atoms with van der Waals surface area (Å²) in [7, 11) is 2.00. The van der Waals surface area contributed by atoms with Gasteiger partial charge in [0.1, 0.15) is 5.54 Å². The highest BCUT2D eigenvalue weighted by Crippen LogP contribution is 2.42. The summed E-state index contributed by atoms with van der Waals surface area (Å²) < 4.78 is 11.0. The summed E-state index contributed by atoms with van der Waals surface area (Å²) in [6.45, 7) is 13.8. The number of rotatable bonds is 5. The minimum Gasteiger partial charge on any atom is -0.436 e. The zero-order valence-electron chi connectivity index (χ0n) is 19.4. The van der Waals surface area contributed by atoms with E-state index in [9.17, 15) is 14.9 Å². The number of likely N-dealkylation sites (tertiary alicyclic amines) is 1. The normalized spacial score (nSPS) is 21.4. The number of carbonyl (C=O) groups is 2. The van der Waals surface area contributed by atoms with Gasteiger partial charge in [0.2, 0.25) is 0 Å². The molecule has 2 saturated heterocycles. The lowest BCUT2D eigenvalue weighted by molar-refractivity contribution is -0.135. The highest BCUT2D eigenvalue weighted by atomic mass is 16.6. The molecule has 1 N–H and O–H groups in total. The summed E-state index contributed by atoms with van der Waals surface area (Å²) in [5, 5.41) is 12.7. The van der Waals surface area contributed by atoms with Crippen LogP contribution in [0.5, 0.6) is 0 Å². The molecule has 2 rings (SSSR count). The Hall–Kier alpha value is -1.85. The van der Waals surface area contributed by atoms with Crippen LogP contribution in [-0.4, -0.2) is 79.9 Å². The van der Waals surface area contributed by atoms with Gasteiger partial charge in [0.05, 0.1) is 19.3 Å². The number of nitriles is 1. The molecule has 0 aliphatic carbocycles. The standard InChI is InChI=1S/C22H38N4O4/c1-20(2,3)21(4,5)15-17(30-19(28)26-11-13-29-14-12-26)18(27)24-22(16-23)7-9-25(6)10-8-22/h17H,7-15H2,1-6H3,(H,24,27). The largest absolute Gasteiger partial charge is 0.436 e. The second-order valence-corrected chi connectivity index (χ2v) is 10.3. The van der Waals surface area contributed by atoms with Gasteiger partial charge < -0.3 is 24.6 Å². The maximum absolute atomic E-state index is 13.3. The van der Waals surface area contributed by atoms with Gasteiger partial charge in [-0.25, -0.2) is 4.79 Å². The second-order valence-electron chi connectivity index (χ2n) is 10.3. The van der Waals surface area contributed by atoms with Gasteiger partial charge >= 0.3 is 6.09 Å². The van der Waals surface area contributed by atoms with E-state index in [0.29, 0.717) is 45.6 Å². The molecule has 1 unspecified atom stereocenters. The van der Waals surface area contributed by atoms with E-state index in [4.69, 9.17) is 9.47 Å². The van der Waals surface area contributed by atoms with Crippen molar-refractivity contribution in [2.75, 3.05) is 46.4 Å². The average Bonchev–Trinajstić information content (AvgIpc) is 2.69. The van der Waals surface area contributed by atoms with Gasteiger partial charge in [-0.2, -0.15) is 5.26 Å². The van der Waals surface area contributed by atoms with Crippen LogP contribution < -0.4 is 5.32 Å². The zero-order chi connectivity index (χ0) is 22.6. The van der Waals surface area contributed by atoms with E-state index >= 15 is 0 Å². The first-order valence-electron chi connectivity index (χ1n) is 10.8. The third-order valence-corrected chi connectivity index (χ3v) is 6.95. The summed E-state index contributed by atoms with van der Waals surface area (Å²) in [6, 6.07) is 2.31. The van der Waals surface area contributed by atoms with Crippen molar-refractivity contribution in [3.63, 3.8) is 0 Å². The molecule has 8 heteroatoms. The summed E-state index contributed by atoms with van der Waals surface area (Å²) >= 11 is 0. The molecule has 170 valence electrons. The number of amides is 2. The van der Waals surface area contributed by atoms with Gasteiger partial charge in [-0.05, 0) is 37.1 Å². The van der Waals surface area contributed by atoms with Crippen molar-refractivity contribution in [3.8, 4) is 6.07 Å². The van der Waals surface area contributed by atoms with Gasteiger partial charge in [0.25, 0.3) is 5.91 Å². The molecule has 0 bridgehead atoms. The third kappa shape index (κ3) is 6.08. The van der Waals surface area contributed by atoms with Crippen LogP contribution in [0.2, 0.25) is 0 Å². The molecule has 0 aromatic heterocycles. The molecule has 0 saturated carbocycles. The van der Waals surface area contributed by atoms with E-state index < -0.39 is 17.7 Å². The molecular weight excluding hydrogens is 384 g/mol. The Balaban J connectivity index is 2.17. The van der Waals surface area contributed by atoms with Crippen LogP contribution in [-0.2, 0) is 14.3 Å². The number of piperidine rings is 1. The predicted molar refractivity (Wildman–Crippen MR) is 114 cm³/mol. The average molecular weight is 423 g/mol. The van der Waals surface area contributed by atoms with E-state index in [1.807, 2.05) is 7.05 Å². The lowest BCUT2D eigenvalue weighted by Gasteiger charge is -2.42. The van der Waals surface area contributed by atoms with E-state index in [-0.39, 0.29) is 16.7 Å². The number of carbonyl (C=O) groups excluding carboxylic acids is 2. The summed E-state index contributed by atoms with van der Waals surface area (Å²) in [5.41, 5.74) is -1.29. The summed E-state index contributed by atoms with van der Waals surface area (Å²) in [4.78, 5) is 29.7. The number of hydrogen-bond acceptors (Lipinski definition) is 6.